The summed E-state index contributed by atoms with van der Waals surface area (Å²) in [6.07, 6.45) is 3.88. The smallest absolute Gasteiger partial charge is 0.316 e. The Balaban J connectivity index is 1.72. The second-order valence-corrected chi connectivity index (χ2v) is 8.06. The van der Waals surface area contributed by atoms with Crippen LogP contribution < -0.4 is 5.73 Å². The molecule has 1 fully saturated rings. The normalized spacial score (nSPS) is 16.9. The number of fused-ring (bicyclic) bond motifs is 1. The van der Waals surface area contributed by atoms with Crippen molar-refractivity contribution in [3.63, 3.8) is 0 Å². The van der Waals surface area contributed by atoms with Gasteiger partial charge in [0.2, 0.25) is 0 Å². The maximum absolute atomic E-state index is 11.5. The second kappa shape index (κ2) is 7.83. The number of pyridine rings is 1. The van der Waals surface area contributed by atoms with Crippen LogP contribution in [0.15, 0.2) is 23.5 Å². The van der Waals surface area contributed by atoms with E-state index in [0.717, 1.165) is 34.5 Å². The number of thioether (sulfide) groups is 1. The van der Waals surface area contributed by atoms with Crippen molar-refractivity contribution in [3.05, 3.63) is 18.3 Å². The van der Waals surface area contributed by atoms with E-state index in [1.54, 1.807) is 6.20 Å². The zero-order chi connectivity index (χ0) is 18.8. The van der Waals surface area contributed by atoms with Gasteiger partial charge in [0.05, 0.1) is 36.1 Å². The Kier molecular flexibility index (Phi) is 5.28. The quantitative estimate of drug-likeness (QED) is 0.493. The number of nitrogen functional groups attached to an aromatic ring is 1. The first kappa shape index (κ1) is 18.2. The van der Waals surface area contributed by atoms with Gasteiger partial charge in [-0.25, -0.2) is 4.98 Å². The Morgan fingerprint density at radius 2 is 2.41 bits per heavy atom. The van der Waals surface area contributed by atoms with E-state index in [2.05, 4.69) is 15.2 Å². The van der Waals surface area contributed by atoms with Crippen molar-refractivity contribution in [1.29, 1.82) is 0 Å². The number of rotatable bonds is 6. The highest BCUT2D eigenvalue weighted by Gasteiger charge is 2.25. The molecule has 10 heteroatoms. The predicted molar refractivity (Wildman–Crippen MR) is 105 cm³/mol. The van der Waals surface area contributed by atoms with Gasteiger partial charge in [-0.15, -0.1) is 21.5 Å². The number of nitrogens with two attached hydrogens (primary N) is 1. The lowest BCUT2D eigenvalue weighted by Crippen LogP contribution is -2.17. The lowest BCUT2D eigenvalue weighted by atomic mass is 10.2. The molecule has 0 aromatic carbocycles. The minimum Gasteiger partial charge on any atom is -0.468 e. The van der Waals surface area contributed by atoms with Crippen LogP contribution in [0, 0.1) is 0 Å². The number of methoxy groups -OCH3 is 1. The summed E-state index contributed by atoms with van der Waals surface area (Å²) in [6.45, 7) is 1.38. The maximum Gasteiger partial charge on any atom is 0.316 e. The van der Waals surface area contributed by atoms with Gasteiger partial charge in [0.1, 0.15) is 4.83 Å². The summed E-state index contributed by atoms with van der Waals surface area (Å²) >= 11 is 2.79. The van der Waals surface area contributed by atoms with Gasteiger partial charge in [0.25, 0.3) is 0 Å². The molecule has 0 radical (unpaired) electrons. The SMILES string of the molecule is COC(=O)CSc1nnc(-c2sc3ncccc3c2N)n1C[C@@H]1CCCO1. The lowest BCUT2D eigenvalue weighted by molar-refractivity contribution is -0.137. The van der Waals surface area contributed by atoms with Gasteiger partial charge >= 0.3 is 5.97 Å². The fourth-order valence-electron chi connectivity index (χ4n) is 3.02. The van der Waals surface area contributed by atoms with Gasteiger partial charge in [-0.05, 0) is 25.0 Å². The van der Waals surface area contributed by atoms with E-state index >= 15 is 0 Å². The molecule has 3 aromatic rings. The first-order valence-corrected chi connectivity index (χ1v) is 10.4. The highest BCUT2D eigenvalue weighted by atomic mass is 32.2. The topological polar surface area (TPSA) is 105 Å². The predicted octanol–water partition coefficient (Wildman–Crippen LogP) is 2.58. The molecule has 0 saturated carbocycles. The maximum atomic E-state index is 11.5. The number of thiophene rings is 1. The van der Waals surface area contributed by atoms with Crippen molar-refractivity contribution in [3.8, 4) is 10.7 Å². The van der Waals surface area contributed by atoms with Crippen LogP contribution >= 0.6 is 23.1 Å². The van der Waals surface area contributed by atoms with E-state index in [0.29, 0.717) is 23.2 Å². The van der Waals surface area contributed by atoms with Crippen molar-refractivity contribution in [2.24, 2.45) is 0 Å². The average Bonchev–Trinajstić information content (AvgIpc) is 3.41. The van der Waals surface area contributed by atoms with Gasteiger partial charge < -0.3 is 15.2 Å². The molecule has 1 aliphatic rings. The van der Waals surface area contributed by atoms with Crippen LogP contribution in [0.25, 0.3) is 20.9 Å². The highest BCUT2D eigenvalue weighted by Crippen LogP contribution is 2.40. The van der Waals surface area contributed by atoms with E-state index < -0.39 is 0 Å². The van der Waals surface area contributed by atoms with Crippen LogP contribution in [0.3, 0.4) is 0 Å². The van der Waals surface area contributed by atoms with Crippen LogP contribution in [0.2, 0.25) is 0 Å². The third-order valence-electron chi connectivity index (χ3n) is 4.38. The summed E-state index contributed by atoms with van der Waals surface area (Å²) < 4.78 is 12.5. The lowest BCUT2D eigenvalue weighted by Gasteiger charge is -2.14. The molecule has 1 atom stereocenters. The number of hydrogen-bond donors (Lipinski definition) is 1. The highest BCUT2D eigenvalue weighted by molar-refractivity contribution is 7.99. The third kappa shape index (κ3) is 3.64. The second-order valence-electron chi connectivity index (χ2n) is 6.12. The van der Waals surface area contributed by atoms with E-state index in [9.17, 15) is 4.79 Å². The molecule has 142 valence electrons. The first-order chi connectivity index (χ1) is 13.2. The molecule has 4 heterocycles. The standard InChI is InChI=1S/C17H19N5O3S2/c1-24-12(23)9-26-17-21-20-15(22(17)8-10-4-3-7-25-10)14-13(18)11-5-2-6-19-16(11)27-14/h2,5-6,10H,3-4,7-9,18H2,1H3/t10-/m0/s1. The number of carbonyl (C=O) groups is 1. The molecule has 8 nitrogen and oxygen atoms in total. The van der Waals surface area contributed by atoms with Crippen molar-refractivity contribution in [2.45, 2.75) is 30.6 Å². The van der Waals surface area contributed by atoms with Crippen molar-refractivity contribution >= 4 is 45.0 Å². The minimum absolute atomic E-state index is 0.103. The van der Waals surface area contributed by atoms with Crippen LogP contribution in [0.1, 0.15) is 12.8 Å². The summed E-state index contributed by atoms with van der Waals surface area (Å²) in [5.74, 6) is 0.543. The summed E-state index contributed by atoms with van der Waals surface area (Å²) in [7, 11) is 1.37. The molecular weight excluding hydrogens is 386 g/mol. The van der Waals surface area contributed by atoms with Gasteiger partial charge in [-0.1, -0.05) is 11.8 Å². The summed E-state index contributed by atoms with van der Waals surface area (Å²) in [6, 6.07) is 3.81. The number of ether oxygens (including phenoxy) is 2. The van der Waals surface area contributed by atoms with Gasteiger partial charge in [0.15, 0.2) is 11.0 Å². The summed E-state index contributed by atoms with van der Waals surface area (Å²) in [5, 5.41) is 10.2. The molecule has 3 aromatic heterocycles. The molecule has 0 bridgehead atoms. The van der Waals surface area contributed by atoms with Crippen LogP contribution in [-0.4, -0.2) is 51.3 Å². The number of anilines is 1. The number of nitrogens with zero attached hydrogens (tertiary/aromatic N) is 4. The Bertz CT molecular complexity index is 965. The molecule has 0 spiro atoms. The van der Waals surface area contributed by atoms with E-state index in [1.807, 2.05) is 16.7 Å². The van der Waals surface area contributed by atoms with Crippen molar-refractivity contribution in [2.75, 3.05) is 25.2 Å². The largest absolute Gasteiger partial charge is 0.468 e. The average molecular weight is 406 g/mol. The molecule has 27 heavy (non-hydrogen) atoms. The number of esters is 1. The Morgan fingerprint density at radius 3 is 3.15 bits per heavy atom. The fourth-order valence-corrected chi connectivity index (χ4v) is 4.86. The van der Waals surface area contributed by atoms with Crippen molar-refractivity contribution < 1.29 is 14.3 Å². The number of aromatic nitrogens is 4. The Morgan fingerprint density at radius 1 is 1.52 bits per heavy atom. The molecule has 4 rings (SSSR count). The van der Waals surface area contributed by atoms with E-state index in [4.69, 9.17) is 15.2 Å². The number of carbonyl (C=O) groups excluding carboxylic acids is 1. The zero-order valence-electron chi connectivity index (χ0n) is 14.8. The molecule has 1 aliphatic heterocycles. The monoisotopic (exact) mass is 405 g/mol. The minimum atomic E-state index is -0.307. The Hall–Kier alpha value is -2.17. The zero-order valence-corrected chi connectivity index (χ0v) is 16.4. The Labute approximate surface area is 164 Å². The van der Waals surface area contributed by atoms with Crippen molar-refractivity contribution in [1.82, 2.24) is 19.7 Å². The number of hydrogen-bond acceptors (Lipinski definition) is 9. The first-order valence-electron chi connectivity index (χ1n) is 8.55. The van der Waals surface area contributed by atoms with Gasteiger partial charge in [-0.3, -0.25) is 9.36 Å². The van der Waals surface area contributed by atoms with Gasteiger partial charge in [0, 0.05) is 18.2 Å². The van der Waals surface area contributed by atoms with Gasteiger partial charge in [-0.2, -0.15) is 0 Å². The van der Waals surface area contributed by atoms with E-state index in [-0.39, 0.29) is 17.8 Å². The molecule has 1 saturated heterocycles. The fraction of sp³-hybridized carbons (Fsp3) is 0.412. The van der Waals surface area contributed by atoms with Crippen LogP contribution in [0.5, 0.6) is 0 Å². The van der Waals surface area contributed by atoms with Crippen LogP contribution in [0.4, 0.5) is 5.69 Å². The molecule has 2 N–H and O–H groups in total. The molecule has 0 aliphatic carbocycles. The molecule has 0 amide bonds. The molecule has 0 unspecified atom stereocenters. The van der Waals surface area contributed by atoms with E-state index in [1.165, 1.54) is 30.2 Å². The molecular formula is C17H19N5O3S2. The summed E-state index contributed by atoms with van der Waals surface area (Å²) in [5.41, 5.74) is 7.03. The van der Waals surface area contributed by atoms with Crippen LogP contribution in [-0.2, 0) is 20.8 Å². The summed E-state index contributed by atoms with van der Waals surface area (Å²) in [4.78, 5) is 17.6. The third-order valence-corrected chi connectivity index (χ3v) is 6.45.